The number of hydrogen-bond acceptors (Lipinski definition) is 4. The highest BCUT2D eigenvalue weighted by atomic mass is 16.5. The minimum absolute atomic E-state index is 0.482. The third-order valence-corrected chi connectivity index (χ3v) is 4.66. The summed E-state index contributed by atoms with van der Waals surface area (Å²) in [5.41, 5.74) is 0. The molecule has 1 saturated heterocycles. The molecule has 0 N–H and O–H groups in total. The van der Waals surface area contributed by atoms with Crippen LogP contribution in [0.15, 0.2) is 4.52 Å². The van der Waals surface area contributed by atoms with Crippen LogP contribution in [0.5, 0.6) is 0 Å². The van der Waals surface area contributed by atoms with Crippen LogP contribution in [0.4, 0.5) is 0 Å². The van der Waals surface area contributed by atoms with Crippen molar-refractivity contribution in [1.82, 2.24) is 15.0 Å². The molecule has 19 heavy (non-hydrogen) atoms. The maximum atomic E-state index is 5.23. The molecule has 106 valence electrons. The summed E-state index contributed by atoms with van der Waals surface area (Å²) in [5, 5.41) is 3.86. The van der Waals surface area contributed by atoms with Gasteiger partial charge in [0.2, 0.25) is 5.89 Å². The fraction of sp³-hybridized carbons (Fsp3) is 0.867. The molecule has 1 saturated carbocycles. The SMILES string of the molecule is Cc1noc(C2CN(CCCC3CCCCC3)C2)n1. The van der Waals surface area contributed by atoms with E-state index in [0.29, 0.717) is 5.92 Å². The van der Waals surface area contributed by atoms with Gasteiger partial charge in [-0.15, -0.1) is 0 Å². The molecule has 0 unspecified atom stereocenters. The third-order valence-electron chi connectivity index (χ3n) is 4.66. The maximum Gasteiger partial charge on any atom is 0.232 e. The second kappa shape index (κ2) is 6.04. The quantitative estimate of drug-likeness (QED) is 0.818. The lowest BCUT2D eigenvalue weighted by Gasteiger charge is -2.37. The van der Waals surface area contributed by atoms with E-state index >= 15 is 0 Å². The summed E-state index contributed by atoms with van der Waals surface area (Å²) < 4.78 is 5.23. The molecule has 4 heteroatoms. The van der Waals surface area contributed by atoms with E-state index in [1.54, 1.807) is 0 Å². The van der Waals surface area contributed by atoms with Gasteiger partial charge in [-0.25, -0.2) is 0 Å². The Kier molecular flexibility index (Phi) is 4.16. The number of aromatic nitrogens is 2. The number of aryl methyl sites for hydroxylation is 1. The molecule has 0 spiro atoms. The Morgan fingerprint density at radius 3 is 2.68 bits per heavy atom. The second-order valence-electron chi connectivity index (χ2n) is 6.28. The molecule has 4 nitrogen and oxygen atoms in total. The molecule has 1 aliphatic carbocycles. The van der Waals surface area contributed by atoms with Crippen molar-refractivity contribution in [2.24, 2.45) is 5.92 Å². The minimum Gasteiger partial charge on any atom is -0.339 e. The van der Waals surface area contributed by atoms with Crippen LogP contribution in [-0.2, 0) is 0 Å². The van der Waals surface area contributed by atoms with Gasteiger partial charge in [0.1, 0.15) is 0 Å². The minimum atomic E-state index is 0.482. The molecule has 3 rings (SSSR count). The lowest BCUT2D eigenvalue weighted by atomic mass is 9.86. The Balaban J connectivity index is 1.31. The Morgan fingerprint density at radius 2 is 2.00 bits per heavy atom. The first-order chi connectivity index (χ1) is 9.31. The van der Waals surface area contributed by atoms with Crippen LogP contribution < -0.4 is 0 Å². The van der Waals surface area contributed by atoms with Gasteiger partial charge in [0.25, 0.3) is 0 Å². The van der Waals surface area contributed by atoms with Crippen molar-refractivity contribution < 1.29 is 4.52 Å². The predicted molar refractivity (Wildman–Crippen MR) is 74.0 cm³/mol. The van der Waals surface area contributed by atoms with Crippen molar-refractivity contribution in [3.05, 3.63) is 11.7 Å². The van der Waals surface area contributed by atoms with Gasteiger partial charge >= 0.3 is 0 Å². The molecule has 0 amide bonds. The lowest BCUT2D eigenvalue weighted by Crippen LogP contribution is -2.45. The van der Waals surface area contributed by atoms with Gasteiger partial charge in [-0.05, 0) is 32.2 Å². The number of likely N-dealkylation sites (tertiary alicyclic amines) is 1. The molecule has 0 radical (unpaired) electrons. The van der Waals surface area contributed by atoms with E-state index in [9.17, 15) is 0 Å². The van der Waals surface area contributed by atoms with Gasteiger partial charge in [0, 0.05) is 13.1 Å². The zero-order chi connectivity index (χ0) is 13.1. The smallest absolute Gasteiger partial charge is 0.232 e. The van der Waals surface area contributed by atoms with E-state index < -0.39 is 0 Å². The molecule has 2 fully saturated rings. The van der Waals surface area contributed by atoms with Crippen molar-refractivity contribution in [1.29, 1.82) is 0 Å². The van der Waals surface area contributed by atoms with Crippen molar-refractivity contribution in [2.45, 2.75) is 57.8 Å². The summed E-state index contributed by atoms with van der Waals surface area (Å²) in [4.78, 5) is 6.84. The number of nitrogens with zero attached hydrogens (tertiary/aromatic N) is 3. The number of hydrogen-bond donors (Lipinski definition) is 0. The summed E-state index contributed by atoms with van der Waals surface area (Å²) in [6.45, 7) is 5.34. The van der Waals surface area contributed by atoms with Crippen LogP contribution in [0, 0.1) is 12.8 Å². The van der Waals surface area contributed by atoms with Gasteiger partial charge < -0.3 is 9.42 Å². The summed E-state index contributed by atoms with van der Waals surface area (Å²) >= 11 is 0. The van der Waals surface area contributed by atoms with Crippen LogP contribution in [0.25, 0.3) is 0 Å². The fourth-order valence-electron chi connectivity index (χ4n) is 3.47. The molecule has 1 aromatic heterocycles. The van der Waals surface area contributed by atoms with E-state index in [1.165, 1.54) is 51.5 Å². The average molecular weight is 263 g/mol. The zero-order valence-corrected chi connectivity index (χ0v) is 12.0. The van der Waals surface area contributed by atoms with Crippen LogP contribution in [0.2, 0.25) is 0 Å². The largest absolute Gasteiger partial charge is 0.339 e. The van der Waals surface area contributed by atoms with E-state index in [0.717, 1.165) is 30.7 Å². The van der Waals surface area contributed by atoms with Crippen LogP contribution in [-0.4, -0.2) is 34.7 Å². The normalized spacial score (nSPS) is 22.6. The zero-order valence-electron chi connectivity index (χ0n) is 12.0. The molecule has 0 bridgehead atoms. The van der Waals surface area contributed by atoms with Crippen LogP contribution in [0.1, 0.15) is 62.6 Å². The van der Waals surface area contributed by atoms with E-state index in [-0.39, 0.29) is 0 Å². The highest BCUT2D eigenvalue weighted by Crippen LogP contribution is 2.29. The second-order valence-corrected chi connectivity index (χ2v) is 6.28. The summed E-state index contributed by atoms with van der Waals surface area (Å²) in [7, 11) is 0. The van der Waals surface area contributed by atoms with Gasteiger partial charge in [-0.2, -0.15) is 4.98 Å². The molecular formula is C15H25N3O. The van der Waals surface area contributed by atoms with Crippen LogP contribution >= 0.6 is 0 Å². The molecule has 2 heterocycles. The van der Waals surface area contributed by atoms with Gasteiger partial charge in [0.15, 0.2) is 5.82 Å². The standard InChI is InChI=1S/C15H25N3O/c1-12-16-15(19-17-12)14-10-18(11-14)9-5-8-13-6-3-2-4-7-13/h13-14H,2-11H2,1H3. The van der Waals surface area contributed by atoms with Crippen molar-refractivity contribution in [3.63, 3.8) is 0 Å². The van der Waals surface area contributed by atoms with Crippen molar-refractivity contribution in [3.8, 4) is 0 Å². The highest BCUT2D eigenvalue weighted by Gasteiger charge is 2.31. The van der Waals surface area contributed by atoms with Gasteiger partial charge in [-0.1, -0.05) is 37.3 Å². The summed E-state index contributed by atoms with van der Waals surface area (Å²) in [5.74, 6) is 3.09. The molecule has 1 aromatic rings. The van der Waals surface area contributed by atoms with Crippen molar-refractivity contribution >= 4 is 0 Å². The van der Waals surface area contributed by atoms with Gasteiger partial charge in [0.05, 0.1) is 5.92 Å². The Bertz CT molecular complexity index is 392. The molecular weight excluding hydrogens is 238 g/mol. The third kappa shape index (κ3) is 3.35. The highest BCUT2D eigenvalue weighted by molar-refractivity contribution is 5.01. The first-order valence-electron chi connectivity index (χ1n) is 7.84. The topological polar surface area (TPSA) is 42.2 Å². The molecule has 1 aliphatic heterocycles. The average Bonchev–Trinajstić information content (AvgIpc) is 2.79. The predicted octanol–water partition coefficient (Wildman–Crippen LogP) is 3.14. The van der Waals surface area contributed by atoms with Crippen LogP contribution in [0.3, 0.4) is 0 Å². The molecule has 0 aromatic carbocycles. The van der Waals surface area contributed by atoms with E-state index in [4.69, 9.17) is 4.52 Å². The summed E-state index contributed by atoms with van der Waals surface area (Å²) in [6.07, 6.45) is 10.1. The Hall–Kier alpha value is -0.900. The Labute approximate surface area is 115 Å². The monoisotopic (exact) mass is 263 g/mol. The Morgan fingerprint density at radius 1 is 1.21 bits per heavy atom. The summed E-state index contributed by atoms with van der Waals surface area (Å²) in [6, 6.07) is 0. The maximum absolute atomic E-state index is 5.23. The lowest BCUT2D eigenvalue weighted by molar-refractivity contribution is 0.119. The van der Waals surface area contributed by atoms with Crippen molar-refractivity contribution in [2.75, 3.05) is 19.6 Å². The van der Waals surface area contributed by atoms with Gasteiger partial charge in [-0.3, -0.25) is 0 Å². The fourth-order valence-corrected chi connectivity index (χ4v) is 3.47. The molecule has 0 atom stereocenters. The molecule has 2 aliphatic rings. The first-order valence-corrected chi connectivity index (χ1v) is 7.84. The van der Waals surface area contributed by atoms with E-state index in [2.05, 4.69) is 15.0 Å². The first kappa shape index (κ1) is 13.1. The number of rotatable bonds is 5. The van der Waals surface area contributed by atoms with E-state index in [1.807, 2.05) is 6.92 Å².